The maximum absolute atomic E-state index is 11.6. The van der Waals surface area contributed by atoms with Gasteiger partial charge in [-0.1, -0.05) is 0 Å². The predicted molar refractivity (Wildman–Crippen MR) is 70.6 cm³/mol. The Kier molecular flexibility index (Phi) is 6.00. The molecule has 1 heterocycles. The second-order valence-electron chi connectivity index (χ2n) is 3.30. The van der Waals surface area contributed by atoms with Crippen molar-refractivity contribution in [3.8, 4) is 0 Å². The van der Waals surface area contributed by atoms with Crippen LogP contribution < -0.4 is 5.32 Å². The number of rotatable bonds is 6. The van der Waals surface area contributed by atoms with Gasteiger partial charge in [-0.05, 0) is 34.3 Å². The van der Waals surface area contributed by atoms with Crippen molar-refractivity contribution in [2.45, 2.75) is 13.3 Å². The molecule has 0 aromatic carbocycles. The second-order valence-corrected chi connectivity index (χ2v) is 5.07. The van der Waals surface area contributed by atoms with Crippen molar-refractivity contribution in [1.82, 2.24) is 5.32 Å². The molecule has 98 valence electrons. The van der Waals surface area contributed by atoms with E-state index in [-0.39, 0.29) is 31.3 Å². The number of esters is 1. The minimum atomic E-state index is -0.575. The molecule has 18 heavy (non-hydrogen) atoms. The van der Waals surface area contributed by atoms with Crippen LogP contribution >= 0.6 is 27.3 Å². The van der Waals surface area contributed by atoms with Gasteiger partial charge in [0.15, 0.2) is 5.78 Å². The van der Waals surface area contributed by atoms with Gasteiger partial charge in [0.1, 0.15) is 11.3 Å². The van der Waals surface area contributed by atoms with E-state index < -0.39 is 5.97 Å². The zero-order chi connectivity index (χ0) is 13.5. The fourth-order valence-corrected chi connectivity index (χ4v) is 2.62. The summed E-state index contributed by atoms with van der Waals surface area (Å²) in [5.41, 5.74) is 0. The highest BCUT2D eigenvalue weighted by Crippen LogP contribution is 2.22. The Morgan fingerprint density at radius 3 is 2.72 bits per heavy atom. The van der Waals surface area contributed by atoms with Crippen molar-refractivity contribution in [2.75, 3.05) is 13.2 Å². The Labute approximate surface area is 117 Å². The molecule has 0 radical (unpaired) electrons. The zero-order valence-electron chi connectivity index (χ0n) is 9.70. The number of ketones is 1. The maximum atomic E-state index is 11.6. The van der Waals surface area contributed by atoms with E-state index in [1.807, 2.05) is 0 Å². The lowest BCUT2D eigenvalue weighted by atomic mass is 10.3. The molecule has 1 amide bonds. The number of carbonyl (C=O) groups is 3. The highest BCUT2D eigenvalue weighted by molar-refractivity contribution is 9.10. The first-order valence-corrected chi connectivity index (χ1v) is 6.90. The molecule has 7 heteroatoms. The van der Waals surface area contributed by atoms with Gasteiger partial charge in [-0.3, -0.25) is 14.4 Å². The van der Waals surface area contributed by atoms with Gasteiger partial charge in [0.2, 0.25) is 0 Å². The van der Waals surface area contributed by atoms with E-state index in [1.54, 1.807) is 18.4 Å². The fourth-order valence-electron chi connectivity index (χ4n) is 1.15. The first-order valence-electron chi connectivity index (χ1n) is 5.23. The average Bonchev–Trinajstić information content (AvgIpc) is 2.72. The minimum absolute atomic E-state index is 0.179. The van der Waals surface area contributed by atoms with Crippen LogP contribution in [0, 0.1) is 0 Å². The number of hydrogen-bond acceptors (Lipinski definition) is 5. The number of carbonyl (C=O) groups excluding carboxylic acids is 3. The Morgan fingerprint density at radius 2 is 2.17 bits per heavy atom. The third kappa shape index (κ3) is 4.58. The van der Waals surface area contributed by atoms with Crippen molar-refractivity contribution in [2.24, 2.45) is 0 Å². The Morgan fingerprint density at radius 1 is 1.44 bits per heavy atom. The minimum Gasteiger partial charge on any atom is -0.466 e. The summed E-state index contributed by atoms with van der Waals surface area (Å²) < 4.78 is 5.32. The van der Waals surface area contributed by atoms with Crippen LogP contribution in [0.25, 0.3) is 0 Å². The summed E-state index contributed by atoms with van der Waals surface area (Å²) in [6.07, 6.45) is -0.320. The SMILES string of the molecule is CCOC(=O)CC(=O)CNC(=O)c1sccc1Br. The normalized spacial score (nSPS) is 9.89. The van der Waals surface area contributed by atoms with Crippen LogP contribution in [-0.4, -0.2) is 30.8 Å². The van der Waals surface area contributed by atoms with Gasteiger partial charge < -0.3 is 10.1 Å². The molecule has 0 atom stereocenters. The van der Waals surface area contributed by atoms with Crippen LogP contribution in [0.4, 0.5) is 0 Å². The molecule has 1 N–H and O–H groups in total. The molecule has 1 rings (SSSR count). The predicted octanol–water partition coefficient (Wildman–Crippen LogP) is 1.76. The summed E-state index contributed by atoms with van der Waals surface area (Å²) in [5, 5.41) is 4.22. The molecule has 1 aromatic rings. The number of amides is 1. The quantitative estimate of drug-likeness (QED) is 0.636. The Hall–Kier alpha value is -1.21. The number of thiophene rings is 1. The molecule has 0 aliphatic rings. The first-order chi connectivity index (χ1) is 8.54. The van der Waals surface area contributed by atoms with Gasteiger partial charge in [0, 0.05) is 4.47 Å². The van der Waals surface area contributed by atoms with E-state index in [1.165, 1.54) is 11.3 Å². The average molecular weight is 334 g/mol. The summed E-state index contributed by atoms with van der Waals surface area (Å²) >= 11 is 4.49. The topological polar surface area (TPSA) is 72.5 Å². The molecular weight excluding hydrogens is 322 g/mol. The van der Waals surface area contributed by atoms with Gasteiger partial charge in [0.05, 0.1) is 13.2 Å². The molecule has 0 spiro atoms. The third-order valence-electron chi connectivity index (χ3n) is 1.92. The lowest BCUT2D eigenvalue weighted by molar-refractivity contribution is -0.145. The van der Waals surface area contributed by atoms with E-state index in [0.29, 0.717) is 9.35 Å². The Bertz CT molecular complexity index is 458. The molecule has 0 unspecified atom stereocenters. The van der Waals surface area contributed by atoms with Gasteiger partial charge in [0.25, 0.3) is 5.91 Å². The lowest BCUT2D eigenvalue weighted by Crippen LogP contribution is -2.30. The van der Waals surface area contributed by atoms with Crippen molar-refractivity contribution >= 4 is 44.9 Å². The molecule has 1 aromatic heterocycles. The van der Waals surface area contributed by atoms with Crippen molar-refractivity contribution in [3.05, 3.63) is 20.8 Å². The molecule has 0 aliphatic carbocycles. The van der Waals surface area contributed by atoms with Gasteiger partial charge in [-0.25, -0.2) is 0 Å². The van der Waals surface area contributed by atoms with Crippen molar-refractivity contribution < 1.29 is 19.1 Å². The monoisotopic (exact) mass is 333 g/mol. The van der Waals surface area contributed by atoms with Crippen LogP contribution in [0.3, 0.4) is 0 Å². The molecule has 5 nitrogen and oxygen atoms in total. The van der Waals surface area contributed by atoms with Crippen LogP contribution in [-0.2, 0) is 14.3 Å². The molecular formula is C11H12BrNO4S. The second kappa shape index (κ2) is 7.27. The zero-order valence-corrected chi connectivity index (χ0v) is 12.1. The smallest absolute Gasteiger partial charge is 0.313 e. The maximum Gasteiger partial charge on any atom is 0.313 e. The highest BCUT2D eigenvalue weighted by atomic mass is 79.9. The summed E-state index contributed by atoms with van der Waals surface area (Å²) in [6.45, 7) is 1.72. The third-order valence-corrected chi connectivity index (χ3v) is 3.75. The molecule has 0 saturated carbocycles. The van der Waals surface area contributed by atoms with E-state index in [4.69, 9.17) is 0 Å². The van der Waals surface area contributed by atoms with Gasteiger partial charge >= 0.3 is 5.97 Å². The summed E-state index contributed by atoms with van der Waals surface area (Å²) in [6, 6.07) is 1.75. The molecule has 0 bridgehead atoms. The van der Waals surface area contributed by atoms with Crippen molar-refractivity contribution in [1.29, 1.82) is 0 Å². The number of Topliss-reactive ketones (excluding diaryl/α,β-unsaturated/α-hetero) is 1. The first kappa shape index (κ1) is 14.8. The van der Waals surface area contributed by atoms with Gasteiger partial charge in [-0.15, -0.1) is 11.3 Å². The van der Waals surface area contributed by atoms with Crippen LogP contribution in [0.15, 0.2) is 15.9 Å². The highest BCUT2D eigenvalue weighted by Gasteiger charge is 2.14. The fraction of sp³-hybridized carbons (Fsp3) is 0.364. The van der Waals surface area contributed by atoms with Crippen LogP contribution in [0.1, 0.15) is 23.0 Å². The van der Waals surface area contributed by atoms with E-state index in [9.17, 15) is 14.4 Å². The molecule has 0 fully saturated rings. The van der Waals surface area contributed by atoms with E-state index in [2.05, 4.69) is 26.0 Å². The number of nitrogens with one attached hydrogen (secondary N) is 1. The van der Waals surface area contributed by atoms with E-state index in [0.717, 1.165) is 0 Å². The van der Waals surface area contributed by atoms with E-state index >= 15 is 0 Å². The standard InChI is InChI=1S/C11H12BrNO4S/c1-2-17-9(15)5-7(14)6-13-11(16)10-8(12)3-4-18-10/h3-4H,2,5-6H2,1H3,(H,13,16). The largest absolute Gasteiger partial charge is 0.466 e. The molecule has 0 saturated heterocycles. The van der Waals surface area contributed by atoms with Gasteiger partial charge in [-0.2, -0.15) is 0 Å². The summed E-state index contributed by atoms with van der Waals surface area (Å²) in [5.74, 6) is -1.29. The van der Waals surface area contributed by atoms with Crippen LogP contribution in [0.5, 0.6) is 0 Å². The number of hydrogen-bond donors (Lipinski definition) is 1. The Balaban J connectivity index is 2.37. The summed E-state index contributed by atoms with van der Waals surface area (Å²) in [7, 11) is 0. The number of ether oxygens (including phenoxy) is 1. The lowest BCUT2D eigenvalue weighted by Gasteiger charge is -2.03. The summed E-state index contributed by atoms with van der Waals surface area (Å²) in [4.78, 5) is 34.5. The molecule has 0 aliphatic heterocycles. The number of halogens is 1. The van der Waals surface area contributed by atoms with Crippen molar-refractivity contribution in [3.63, 3.8) is 0 Å². The van der Waals surface area contributed by atoms with Crippen LogP contribution in [0.2, 0.25) is 0 Å².